The second-order valence-electron chi connectivity index (χ2n) is 5.31. The van der Waals surface area contributed by atoms with E-state index in [0.717, 1.165) is 29.5 Å². The van der Waals surface area contributed by atoms with E-state index in [9.17, 15) is 8.42 Å². The molecule has 1 saturated heterocycles. The maximum atomic E-state index is 12.2. The van der Waals surface area contributed by atoms with Crippen LogP contribution in [0.4, 0.5) is 0 Å². The van der Waals surface area contributed by atoms with Gasteiger partial charge in [0.2, 0.25) is 10.0 Å². The Morgan fingerprint density at radius 3 is 2.81 bits per heavy atom. The fourth-order valence-corrected chi connectivity index (χ4v) is 3.81. The lowest BCUT2D eigenvalue weighted by molar-refractivity contribution is 0.358. The van der Waals surface area contributed by atoms with Gasteiger partial charge in [0.05, 0.1) is 4.90 Å². The maximum Gasteiger partial charge on any atom is 0.240 e. The van der Waals surface area contributed by atoms with Crippen molar-refractivity contribution in [3.8, 4) is 0 Å². The van der Waals surface area contributed by atoms with Crippen molar-refractivity contribution in [2.45, 2.75) is 31.1 Å². The molecule has 1 heterocycles. The number of sulfonamides is 1. The molecule has 0 saturated carbocycles. The fourth-order valence-electron chi connectivity index (χ4n) is 2.44. The highest BCUT2D eigenvalue weighted by atomic mass is 79.9. The van der Waals surface area contributed by atoms with Crippen molar-refractivity contribution in [3.05, 3.63) is 28.2 Å². The molecular weight excluding hydrogens is 376 g/mol. The zero-order valence-corrected chi connectivity index (χ0v) is 15.3. The number of nitrogens with one attached hydrogen (secondary N) is 2. The number of halogens is 2. The highest BCUT2D eigenvalue weighted by Crippen LogP contribution is 2.20. The number of benzene rings is 1. The van der Waals surface area contributed by atoms with Gasteiger partial charge < -0.3 is 5.32 Å². The van der Waals surface area contributed by atoms with Gasteiger partial charge in [0.1, 0.15) is 0 Å². The molecule has 1 unspecified atom stereocenters. The van der Waals surface area contributed by atoms with Gasteiger partial charge in [-0.25, -0.2) is 13.1 Å². The summed E-state index contributed by atoms with van der Waals surface area (Å²) in [6.07, 6.45) is 3.26. The summed E-state index contributed by atoms with van der Waals surface area (Å²) in [5, 5.41) is 3.35. The molecule has 0 aliphatic carbocycles. The number of rotatable bonds is 5. The Labute approximate surface area is 141 Å². The van der Waals surface area contributed by atoms with E-state index in [4.69, 9.17) is 0 Å². The minimum absolute atomic E-state index is 0. The topological polar surface area (TPSA) is 58.2 Å². The molecule has 1 aliphatic rings. The first-order chi connectivity index (χ1) is 9.49. The molecule has 1 atom stereocenters. The van der Waals surface area contributed by atoms with Crippen LogP contribution in [0.2, 0.25) is 0 Å². The van der Waals surface area contributed by atoms with Crippen LogP contribution in [0.3, 0.4) is 0 Å². The average molecular weight is 398 g/mol. The van der Waals surface area contributed by atoms with Crippen molar-refractivity contribution in [2.75, 3.05) is 19.6 Å². The van der Waals surface area contributed by atoms with Crippen molar-refractivity contribution in [1.29, 1.82) is 0 Å². The lowest BCUT2D eigenvalue weighted by Gasteiger charge is -2.22. The van der Waals surface area contributed by atoms with Gasteiger partial charge in [-0.2, -0.15) is 0 Å². The molecule has 7 heteroatoms. The summed E-state index contributed by atoms with van der Waals surface area (Å²) in [4.78, 5) is 0.333. The van der Waals surface area contributed by atoms with E-state index in [2.05, 4.69) is 26.0 Å². The predicted molar refractivity (Wildman–Crippen MR) is 91.5 cm³/mol. The molecule has 4 nitrogen and oxygen atoms in total. The standard InChI is InChI=1S/C14H21BrN2O2S.ClH/c1-11-9-13(4-5-14(11)15)20(18,19)17-8-6-12-3-2-7-16-10-12;/h4-5,9,12,16-17H,2-3,6-8,10H2,1H3;1H. The van der Waals surface area contributed by atoms with Crippen LogP contribution < -0.4 is 10.0 Å². The number of aryl methyl sites for hydroxylation is 1. The van der Waals surface area contributed by atoms with Crippen molar-refractivity contribution in [3.63, 3.8) is 0 Å². The minimum Gasteiger partial charge on any atom is -0.316 e. The van der Waals surface area contributed by atoms with E-state index in [1.54, 1.807) is 18.2 Å². The molecule has 21 heavy (non-hydrogen) atoms. The fraction of sp³-hybridized carbons (Fsp3) is 0.571. The van der Waals surface area contributed by atoms with Gasteiger partial charge in [0, 0.05) is 11.0 Å². The summed E-state index contributed by atoms with van der Waals surface area (Å²) in [5.41, 5.74) is 0.921. The summed E-state index contributed by atoms with van der Waals surface area (Å²) in [5.74, 6) is 0.582. The van der Waals surface area contributed by atoms with Crippen LogP contribution in [0.5, 0.6) is 0 Å². The lowest BCUT2D eigenvalue weighted by atomic mass is 9.96. The molecule has 0 radical (unpaired) electrons. The van der Waals surface area contributed by atoms with Crippen LogP contribution in [-0.2, 0) is 10.0 Å². The largest absolute Gasteiger partial charge is 0.316 e. The van der Waals surface area contributed by atoms with Gasteiger partial charge in [-0.1, -0.05) is 15.9 Å². The zero-order valence-electron chi connectivity index (χ0n) is 12.1. The molecule has 0 aromatic heterocycles. The number of hydrogen-bond acceptors (Lipinski definition) is 3. The smallest absolute Gasteiger partial charge is 0.240 e. The molecule has 1 fully saturated rings. The average Bonchev–Trinajstić information content (AvgIpc) is 2.43. The van der Waals surface area contributed by atoms with Crippen LogP contribution >= 0.6 is 28.3 Å². The Morgan fingerprint density at radius 1 is 1.43 bits per heavy atom. The third kappa shape index (κ3) is 5.53. The second kappa shape index (κ2) is 8.48. The third-order valence-electron chi connectivity index (χ3n) is 3.68. The van der Waals surface area contributed by atoms with Gasteiger partial charge in [0.15, 0.2) is 0 Å². The van der Waals surface area contributed by atoms with Crippen LogP contribution in [0.1, 0.15) is 24.8 Å². The first kappa shape index (κ1) is 18.9. The molecule has 1 aromatic rings. The Hall–Kier alpha value is -0.140. The SMILES string of the molecule is Cc1cc(S(=O)(=O)NCCC2CCCNC2)ccc1Br.Cl. The Kier molecular flexibility index (Phi) is 7.64. The van der Waals surface area contributed by atoms with Crippen molar-refractivity contribution in [2.24, 2.45) is 5.92 Å². The molecule has 2 N–H and O–H groups in total. The molecule has 0 bridgehead atoms. The summed E-state index contributed by atoms with van der Waals surface area (Å²) in [6, 6.07) is 5.09. The van der Waals surface area contributed by atoms with Gasteiger partial charge in [0.25, 0.3) is 0 Å². The first-order valence-electron chi connectivity index (χ1n) is 6.95. The van der Waals surface area contributed by atoms with E-state index in [1.165, 1.54) is 12.8 Å². The van der Waals surface area contributed by atoms with Crippen molar-refractivity contribution in [1.82, 2.24) is 10.0 Å². The predicted octanol–water partition coefficient (Wildman–Crippen LogP) is 2.85. The Balaban J connectivity index is 0.00000220. The zero-order chi connectivity index (χ0) is 14.6. The van der Waals surface area contributed by atoms with Crippen LogP contribution in [0.25, 0.3) is 0 Å². The van der Waals surface area contributed by atoms with Crippen LogP contribution in [0.15, 0.2) is 27.6 Å². The van der Waals surface area contributed by atoms with Crippen LogP contribution in [-0.4, -0.2) is 28.1 Å². The summed E-state index contributed by atoms with van der Waals surface area (Å²) < 4.78 is 28.0. The summed E-state index contributed by atoms with van der Waals surface area (Å²) in [7, 11) is -3.39. The molecular formula is C14H22BrClN2O2S. The maximum absolute atomic E-state index is 12.2. The lowest BCUT2D eigenvalue weighted by Crippen LogP contribution is -2.33. The normalized spacial score (nSPS) is 19.0. The van der Waals surface area contributed by atoms with Gasteiger partial charge in [-0.15, -0.1) is 12.4 Å². The third-order valence-corrected chi connectivity index (χ3v) is 6.03. The minimum atomic E-state index is -3.39. The van der Waals surface area contributed by atoms with Gasteiger partial charge >= 0.3 is 0 Å². The second-order valence-corrected chi connectivity index (χ2v) is 7.93. The highest BCUT2D eigenvalue weighted by Gasteiger charge is 2.17. The van der Waals surface area contributed by atoms with E-state index in [-0.39, 0.29) is 12.4 Å². The van der Waals surface area contributed by atoms with E-state index in [1.807, 2.05) is 6.92 Å². The summed E-state index contributed by atoms with van der Waals surface area (Å²) >= 11 is 3.38. The quantitative estimate of drug-likeness (QED) is 0.803. The van der Waals surface area contributed by atoms with E-state index < -0.39 is 10.0 Å². The van der Waals surface area contributed by atoms with Crippen molar-refractivity contribution >= 4 is 38.4 Å². The van der Waals surface area contributed by atoms with Gasteiger partial charge in [-0.3, -0.25) is 0 Å². The molecule has 120 valence electrons. The molecule has 0 amide bonds. The molecule has 1 aromatic carbocycles. The Morgan fingerprint density at radius 2 is 2.19 bits per heavy atom. The molecule has 1 aliphatic heterocycles. The van der Waals surface area contributed by atoms with E-state index >= 15 is 0 Å². The first-order valence-corrected chi connectivity index (χ1v) is 9.23. The van der Waals surface area contributed by atoms with Gasteiger partial charge in [-0.05, 0) is 69.0 Å². The van der Waals surface area contributed by atoms with Crippen LogP contribution in [0, 0.1) is 12.8 Å². The highest BCUT2D eigenvalue weighted by molar-refractivity contribution is 9.10. The number of piperidine rings is 1. The van der Waals surface area contributed by atoms with E-state index in [0.29, 0.717) is 17.4 Å². The molecule has 0 spiro atoms. The molecule has 2 rings (SSSR count). The Bertz CT molecular complexity index is 560. The summed E-state index contributed by atoms with van der Waals surface area (Å²) in [6.45, 7) is 4.47. The van der Waals surface area contributed by atoms with Crippen molar-refractivity contribution < 1.29 is 8.42 Å². The monoisotopic (exact) mass is 396 g/mol. The number of hydrogen-bond donors (Lipinski definition) is 2.